The molecule has 0 aliphatic rings. The van der Waals surface area contributed by atoms with Crippen molar-refractivity contribution in [2.45, 2.75) is 33.4 Å². The van der Waals surface area contributed by atoms with Crippen LogP contribution in [0.3, 0.4) is 0 Å². The summed E-state index contributed by atoms with van der Waals surface area (Å²) in [5, 5.41) is 0. The number of imidazole rings is 1. The topological polar surface area (TPSA) is 44.1 Å². The molecule has 0 bridgehead atoms. The number of rotatable bonds is 4. The standard InChI is InChI=1S/C19H18F2N2O2/c1-11-8-9-14(12(2)10-11)18(24)25-13(3)17-22-15-6-4-5-7-16(15)23(17)19(20)21/h4-10,13,19H,1-3H3. The maximum absolute atomic E-state index is 13.5. The number of nitrogens with zero attached hydrogens (tertiary/aromatic N) is 2. The first-order valence-corrected chi connectivity index (χ1v) is 7.91. The molecule has 3 aromatic rings. The highest BCUT2D eigenvalue weighted by Gasteiger charge is 2.25. The van der Waals surface area contributed by atoms with E-state index in [9.17, 15) is 13.6 Å². The van der Waals surface area contributed by atoms with Gasteiger partial charge in [0.05, 0.1) is 16.6 Å². The van der Waals surface area contributed by atoms with Crippen LogP contribution in [0.4, 0.5) is 8.78 Å². The zero-order chi connectivity index (χ0) is 18.1. The van der Waals surface area contributed by atoms with Crippen LogP contribution in [0.2, 0.25) is 0 Å². The van der Waals surface area contributed by atoms with Gasteiger partial charge in [-0.15, -0.1) is 0 Å². The van der Waals surface area contributed by atoms with Crippen LogP contribution in [0.25, 0.3) is 11.0 Å². The summed E-state index contributed by atoms with van der Waals surface area (Å²) in [7, 11) is 0. The normalized spacial score (nSPS) is 12.6. The second-order valence-electron chi connectivity index (χ2n) is 5.97. The third-order valence-corrected chi connectivity index (χ3v) is 4.07. The summed E-state index contributed by atoms with van der Waals surface area (Å²) in [4.78, 5) is 16.6. The third kappa shape index (κ3) is 3.24. The van der Waals surface area contributed by atoms with Crippen LogP contribution < -0.4 is 0 Å². The SMILES string of the molecule is Cc1ccc(C(=O)OC(C)c2nc3ccccc3n2C(F)F)c(C)c1. The Hall–Kier alpha value is -2.76. The van der Waals surface area contributed by atoms with E-state index < -0.39 is 18.6 Å². The highest BCUT2D eigenvalue weighted by atomic mass is 19.3. The number of benzene rings is 2. The molecule has 0 fully saturated rings. The minimum atomic E-state index is -2.77. The van der Waals surface area contributed by atoms with E-state index in [1.807, 2.05) is 26.0 Å². The lowest BCUT2D eigenvalue weighted by atomic mass is 10.1. The van der Waals surface area contributed by atoms with Gasteiger partial charge in [0, 0.05) is 0 Å². The van der Waals surface area contributed by atoms with E-state index >= 15 is 0 Å². The third-order valence-electron chi connectivity index (χ3n) is 4.07. The molecule has 0 saturated heterocycles. The lowest BCUT2D eigenvalue weighted by Crippen LogP contribution is -2.15. The first-order chi connectivity index (χ1) is 11.9. The number of carbonyl (C=O) groups is 1. The number of esters is 1. The Morgan fingerprint density at radius 1 is 1.16 bits per heavy atom. The van der Waals surface area contributed by atoms with Crippen molar-refractivity contribution in [1.82, 2.24) is 9.55 Å². The van der Waals surface area contributed by atoms with Gasteiger partial charge in [-0.25, -0.2) is 9.78 Å². The second-order valence-corrected chi connectivity index (χ2v) is 5.97. The molecule has 1 heterocycles. The van der Waals surface area contributed by atoms with Crippen LogP contribution in [0, 0.1) is 13.8 Å². The van der Waals surface area contributed by atoms with Gasteiger partial charge in [-0.1, -0.05) is 29.8 Å². The van der Waals surface area contributed by atoms with Gasteiger partial charge in [-0.05, 0) is 44.5 Å². The minimum Gasteiger partial charge on any atom is -0.451 e. The van der Waals surface area contributed by atoms with Crippen molar-refractivity contribution in [3.63, 3.8) is 0 Å². The molecule has 6 heteroatoms. The summed E-state index contributed by atoms with van der Waals surface area (Å²) < 4.78 is 33.2. The zero-order valence-corrected chi connectivity index (χ0v) is 14.2. The molecule has 0 N–H and O–H groups in total. The Morgan fingerprint density at radius 3 is 2.56 bits per heavy atom. The molecule has 130 valence electrons. The molecule has 3 rings (SSSR count). The summed E-state index contributed by atoms with van der Waals surface area (Å²) >= 11 is 0. The van der Waals surface area contributed by atoms with Crippen LogP contribution in [0.1, 0.15) is 46.9 Å². The van der Waals surface area contributed by atoms with Gasteiger partial charge >= 0.3 is 12.5 Å². The Balaban J connectivity index is 1.93. The molecule has 1 unspecified atom stereocenters. The van der Waals surface area contributed by atoms with Gasteiger partial charge in [0.15, 0.2) is 11.9 Å². The number of halogens is 2. The zero-order valence-electron chi connectivity index (χ0n) is 14.2. The van der Waals surface area contributed by atoms with Crippen molar-refractivity contribution in [2.24, 2.45) is 0 Å². The van der Waals surface area contributed by atoms with Crippen LogP contribution in [0.15, 0.2) is 42.5 Å². The quantitative estimate of drug-likeness (QED) is 0.628. The monoisotopic (exact) mass is 344 g/mol. The molecular weight excluding hydrogens is 326 g/mol. The smallest absolute Gasteiger partial charge is 0.339 e. The van der Waals surface area contributed by atoms with Crippen LogP contribution in [0.5, 0.6) is 0 Å². The average molecular weight is 344 g/mol. The number of fused-ring (bicyclic) bond motifs is 1. The van der Waals surface area contributed by atoms with Crippen molar-refractivity contribution >= 4 is 17.0 Å². The van der Waals surface area contributed by atoms with Crippen LogP contribution in [-0.2, 0) is 4.74 Å². The summed E-state index contributed by atoms with van der Waals surface area (Å²) in [6.07, 6.45) is -0.908. The fourth-order valence-electron chi connectivity index (χ4n) is 2.87. The van der Waals surface area contributed by atoms with Crippen molar-refractivity contribution in [3.8, 4) is 0 Å². The van der Waals surface area contributed by atoms with E-state index in [2.05, 4.69) is 4.98 Å². The minimum absolute atomic E-state index is 0.0225. The summed E-state index contributed by atoms with van der Waals surface area (Å²) in [6, 6.07) is 12.0. The van der Waals surface area contributed by atoms with Crippen LogP contribution >= 0.6 is 0 Å². The first-order valence-electron chi connectivity index (χ1n) is 7.91. The molecule has 1 atom stereocenters. The Labute approximate surface area is 144 Å². The summed E-state index contributed by atoms with van der Waals surface area (Å²) in [6.45, 7) is 2.50. The highest BCUT2D eigenvalue weighted by molar-refractivity contribution is 5.91. The second kappa shape index (κ2) is 6.63. The number of hydrogen-bond donors (Lipinski definition) is 0. The van der Waals surface area contributed by atoms with Gasteiger partial charge in [0.1, 0.15) is 0 Å². The lowest BCUT2D eigenvalue weighted by Gasteiger charge is -2.16. The predicted molar refractivity (Wildman–Crippen MR) is 90.7 cm³/mol. The molecule has 0 amide bonds. The van der Waals surface area contributed by atoms with Crippen molar-refractivity contribution in [3.05, 3.63) is 65.0 Å². The number of ether oxygens (including phenoxy) is 1. The van der Waals surface area contributed by atoms with E-state index in [1.165, 1.54) is 0 Å². The molecular formula is C19H18F2N2O2. The molecule has 25 heavy (non-hydrogen) atoms. The van der Waals surface area contributed by atoms with E-state index in [4.69, 9.17) is 4.74 Å². The first kappa shape index (κ1) is 17.1. The number of carbonyl (C=O) groups excluding carboxylic acids is 1. The van der Waals surface area contributed by atoms with Crippen LogP contribution in [-0.4, -0.2) is 15.5 Å². The maximum Gasteiger partial charge on any atom is 0.339 e. The Morgan fingerprint density at radius 2 is 1.88 bits per heavy atom. The van der Waals surface area contributed by atoms with Gasteiger partial charge in [-0.3, -0.25) is 4.57 Å². The molecule has 2 aromatic carbocycles. The molecule has 0 spiro atoms. The van der Waals surface area contributed by atoms with Crippen molar-refractivity contribution in [2.75, 3.05) is 0 Å². The summed E-state index contributed by atoms with van der Waals surface area (Å²) in [5.74, 6) is -0.535. The fourth-order valence-corrected chi connectivity index (χ4v) is 2.87. The molecule has 4 nitrogen and oxygen atoms in total. The van der Waals surface area contributed by atoms with E-state index in [1.54, 1.807) is 37.3 Å². The van der Waals surface area contributed by atoms with Crippen molar-refractivity contribution < 1.29 is 18.3 Å². The fraction of sp³-hybridized carbons (Fsp3) is 0.263. The van der Waals surface area contributed by atoms with Gasteiger partial charge in [-0.2, -0.15) is 8.78 Å². The van der Waals surface area contributed by atoms with E-state index in [-0.39, 0.29) is 5.82 Å². The lowest BCUT2D eigenvalue weighted by molar-refractivity contribution is 0.0232. The molecule has 0 radical (unpaired) electrons. The van der Waals surface area contributed by atoms with Crippen molar-refractivity contribution in [1.29, 1.82) is 0 Å². The number of alkyl halides is 2. The molecule has 0 aliphatic carbocycles. The number of aryl methyl sites for hydroxylation is 2. The predicted octanol–water partition coefficient (Wildman–Crippen LogP) is 4.97. The van der Waals surface area contributed by atoms with Gasteiger partial charge in [0.25, 0.3) is 0 Å². The number of hydrogen-bond acceptors (Lipinski definition) is 3. The number of para-hydroxylation sites is 2. The number of aromatic nitrogens is 2. The largest absolute Gasteiger partial charge is 0.451 e. The maximum atomic E-state index is 13.5. The molecule has 0 saturated carbocycles. The Kier molecular flexibility index (Phi) is 4.53. The molecule has 1 aromatic heterocycles. The van der Waals surface area contributed by atoms with E-state index in [0.717, 1.165) is 15.7 Å². The Bertz CT molecular complexity index is 934. The van der Waals surface area contributed by atoms with Gasteiger partial charge < -0.3 is 4.74 Å². The average Bonchev–Trinajstić information content (AvgIpc) is 2.94. The highest BCUT2D eigenvalue weighted by Crippen LogP contribution is 2.28. The van der Waals surface area contributed by atoms with Gasteiger partial charge in [0.2, 0.25) is 0 Å². The molecule has 0 aliphatic heterocycles. The van der Waals surface area contributed by atoms with E-state index in [0.29, 0.717) is 16.6 Å². The summed E-state index contributed by atoms with van der Waals surface area (Å²) in [5.41, 5.74) is 2.97.